The Hall–Kier alpha value is -1.92. The Bertz CT molecular complexity index is 413. The van der Waals surface area contributed by atoms with E-state index in [-0.39, 0.29) is 11.1 Å². The van der Waals surface area contributed by atoms with E-state index >= 15 is 0 Å². The molecule has 2 N–H and O–H groups in total. The molecule has 0 unspecified atom stereocenters. The van der Waals surface area contributed by atoms with E-state index in [1.807, 2.05) is 0 Å². The molecular weight excluding hydrogens is 228 g/mol. The molecule has 0 saturated heterocycles. The van der Waals surface area contributed by atoms with E-state index in [1.165, 1.54) is 24.3 Å². The van der Waals surface area contributed by atoms with Gasteiger partial charge in [-0.2, -0.15) is 0 Å². The molecule has 0 fully saturated rings. The highest BCUT2D eigenvalue weighted by atomic mass is 16.8. The number of carbonyl (C=O) groups excluding carboxylic acids is 2. The second-order valence-electron chi connectivity index (χ2n) is 3.54. The van der Waals surface area contributed by atoms with Gasteiger partial charge in [0.2, 0.25) is 0 Å². The summed E-state index contributed by atoms with van der Waals surface area (Å²) in [7, 11) is 0. The highest BCUT2D eigenvalue weighted by Gasteiger charge is 2.38. The van der Waals surface area contributed by atoms with E-state index in [0.29, 0.717) is 0 Å². The van der Waals surface area contributed by atoms with Crippen LogP contribution in [0.3, 0.4) is 0 Å². The fourth-order valence-electron chi connectivity index (χ4n) is 1.41. The highest BCUT2D eigenvalue weighted by molar-refractivity contribution is 5.94. The van der Waals surface area contributed by atoms with Crippen LogP contribution in [0.25, 0.3) is 0 Å². The molecule has 2 bridgehead atoms. The SMILES string of the molecule is O=C1OC(O)(CCO)OC(=O)c2ccc1cc2. The average Bonchev–Trinajstić information content (AvgIpc) is 2.34. The van der Waals surface area contributed by atoms with Gasteiger partial charge in [-0.15, -0.1) is 0 Å². The first-order valence-electron chi connectivity index (χ1n) is 4.94. The average molecular weight is 238 g/mol. The van der Waals surface area contributed by atoms with E-state index < -0.39 is 30.9 Å². The van der Waals surface area contributed by atoms with Crippen LogP contribution in [-0.2, 0) is 9.47 Å². The Balaban J connectivity index is 2.39. The lowest BCUT2D eigenvalue weighted by Crippen LogP contribution is -2.40. The van der Waals surface area contributed by atoms with Crippen molar-refractivity contribution in [2.45, 2.75) is 12.4 Å². The van der Waals surface area contributed by atoms with Crippen LogP contribution in [0.4, 0.5) is 0 Å². The molecular formula is C11H10O6. The molecule has 2 aliphatic heterocycles. The molecule has 0 aromatic heterocycles. The van der Waals surface area contributed by atoms with Crippen LogP contribution in [0, 0.1) is 0 Å². The molecule has 2 heterocycles. The maximum absolute atomic E-state index is 11.6. The molecule has 0 atom stereocenters. The van der Waals surface area contributed by atoms with E-state index in [0.717, 1.165) is 0 Å². The van der Waals surface area contributed by atoms with E-state index in [4.69, 9.17) is 5.11 Å². The third kappa shape index (κ3) is 2.27. The van der Waals surface area contributed by atoms with Gasteiger partial charge in [-0.1, -0.05) is 0 Å². The number of hydrogen-bond donors (Lipinski definition) is 2. The monoisotopic (exact) mass is 238 g/mol. The minimum Gasteiger partial charge on any atom is -0.396 e. The lowest BCUT2D eigenvalue weighted by molar-refractivity contribution is -0.309. The van der Waals surface area contributed by atoms with Gasteiger partial charge in [0, 0.05) is 0 Å². The molecule has 0 saturated carbocycles. The van der Waals surface area contributed by atoms with Crippen LogP contribution in [0.1, 0.15) is 27.1 Å². The van der Waals surface area contributed by atoms with Crippen LogP contribution in [0.2, 0.25) is 0 Å². The fraction of sp³-hybridized carbons (Fsp3) is 0.273. The van der Waals surface area contributed by atoms with Gasteiger partial charge in [-0.05, 0) is 24.3 Å². The Labute approximate surface area is 96.4 Å². The number of aliphatic hydroxyl groups excluding tert-OH is 1. The number of rotatable bonds is 2. The summed E-state index contributed by atoms with van der Waals surface area (Å²) in [4.78, 5) is 23.1. The largest absolute Gasteiger partial charge is 0.396 e. The second kappa shape index (κ2) is 4.15. The summed E-state index contributed by atoms with van der Waals surface area (Å²) >= 11 is 0. The molecule has 1 aromatic rings. The number of carbonyl (C=O) groups is 2. The number of ether oxygens (including phenoxy) is 2. The first-order valence-corrected chi connectivity index (χ1v) is 4.94. The summed E-state index contributed by atoms with van der Waals surface area (Å²) in [5.74, 6) is -4.10. The van der Waals surface area contributed by atoms with Crippen molar-refractivity contribution in [3.05, 3.63) is 35.4 Å². The summed E-state index contributed by atoms with van der Waals surface area (Å²) in [6, 6.07) is 5.57. The number of fused-ring (bicyclic) bond motifs is 6. The molecule has 0 spiro atoms. The minimum atomic E-state index is -2.43. The smallest absolute Gasteiger partial charge is 0.375 e. The summed E-state index contributed by atoms with van der Waals surface area (Å²) in [6.07, 6.45) is -0.412. The van der Waals surface area contributed by atoms with Crippen LogP contribution >= 0.6 is 0 Å². The molecule has 0 radical (unpaired) electrons. The van der Waals surface area contributed by atoms with Gasteiger partial charge >= 0.3 is 17.9 Å². The third-order valence-electron chi connectivity index (χ3n) is 2.29. The summed E-state index contributed by atoms with van der Waals surface area (Å²) in [5, 5.41) is 18.5. The van der Waals surface area contributed by atoms with Crippen molar-refractivity contribution < 1.29 is 29.3 Å². The van der Waals surface area contributed by atoms with Gasteiger partial charge in [0.15, 0.2) is 0 Å². The number of benzene rings is 1. The summed E-state index contributed by atoms with van der Waals surface area (Å²) in [6.45, 7) is -0.497. The van der Waals surface area contributed by atoms with Crippen molar-refractivity contribution in [3.63, 3.8) is 0 Å². The quantitative estimate of drug-likeness (QED) is 0.707. The molecule has 17 heavy (non-hydrogen) atoms. The molecule has 6 heteroatoms. The number of esters is 2. The van der Waals surface area contributed by atoms with E-state index in [2.05, 4.69) is 9.47 Å². The predicted molar refractivity (Wildman–Crippen MR) is 53.9 cm³/mol. The molecule has 2 aliphatic rings. The van der Waals surface area contributed by atoms with Crippen molar-refractivity contribution in [3.8, 4) is 0 Å². The maximum Gasteiger partial charge on any atom is 0.375 e. The van der Waals surface area contributed by atoms with Crippen LogP contribution in [0.15, 0.2) is 24.3 Å². The van der Waals surface area contributed by atoms with Crippen molar-refractivity contribution in [2.24, 2.45) is 0 Å². The first-order chi connectivity index (χ1) is 8.04. The molecule has 90 valence electrons. The van der Waals surface area contributed by atoms with Crippen molar-refractivity contribution in [1.29, 1.82) is 0 Å². The standard InChI is InChI=1S/C11H10O6/c12-6-5-11(15)16-9(13)7-1-2-8(4-3-7)10(14)17-11/h1-4,12,15H,5-6H2. The number of aliphatic hydroxyl groups is 2. The molecule has 3 rings (SSSR count). The number of hydrogen-bond acceptors (Lipinski definition) is 6. The van der Waals surface area contributed by atoms with Crippen molar-refractivity contribution >= 4 is 11.9 Å². The predicted octanol–water partition coefficient (Wildman–Crippen LogP) is 0.0423. The highest BCUT2D eigenvalue weighted by Crippen LogP contribution is 2.22. The van der Waals surface area contributed by atoms with E-state index in [1.54, 1.807) is 0 Å². The van der Waals surface area contributed by atoms with Gasteiger partial charge in [-0.3, -0.25) is 0 Å². The van der Waals surface area contributed by atoms with Gasteiger partial charge in [-0.25, -0.2) is 9.59 Å². The zero-order valence-electron chi connectivity index (χ0n) is 8.75. The second-order valence-corrected chi connectivity index (χ2v) is 3.54. The van der Waals surface area contributed by atoms with Crippen molar-refractivity contribution in [2.75, 3.05) is 6.61 Å². The van der Waals surface area contributed by atoms with Gasteiger partial charge < -0.3 is 19.7 Å². The maximum atomic E-state index is 11.6. The molecule has 1 aromatic carbocycles. The van der Waals surface area contributed by atoms with Gasteiger partial charge in [0.1, 0.15) is 0 Å². The molecule has 0 amide bonds. The Kier molecular flexibility index (Phi) is 2.83. The lowest BCUT2D eigenvalue weighted by Gasteiger charge is -2.25. The molecule has 0 aliphatic carbocycles. The molecule has 6 nitrogen and oxygen atoms in total. The van der Waals surface area contributed by atoms with Gasteiger partial charge in [0.25, 0.3) is 0 Å². The van der Waals surface area contributed by atoms with Gasteiger partial charge in [0.05, 0.1) is 24.2 Å². The topological polar surface area (TPSA) is 93.1 Å². The third-order valence-corrected chi connectivity index (χ3v) is 2.29. The van der Waals surface area contributed by atoms with Crippen molar-refractivity contribution in [1.82, 2.24) is 0 Å². The zero-order valence-corrected chi connectivity index (χ0v) is 8.75. The fourth-order valence-corrected chi connectivity index (χ4v) is 1.41. The Morgan fingerprint density at radius 1 is 1.00 bits per heavy atom. The van der Waals surface area contributed by atoms with E-state index in [9.17, 15) is 14.7 Å². The Morgan fingerprint density at radius 2 is 1.41 bits per heavy atom. The first kappa shape index (κ1) is 11.6. The lowest BCUT2D eigenvalue weighted by atomic mass is 10.1. The normalized spacial score (nSPS) is 17.8. The summed E-state index contributed by atoms with van der Waals surface area (Å²) < 4.78 is 9.32. The summed E-state index contributed by atoms with van der Waals surface area (Å²) in [5.41, 5.74) is 0.367. The zero-order chi connectivity index (χ0) is 12.5. The Morgan fingerprint density at radius 3 is 1.76 bits per heavy atom. The van der Waals surface area contributed by atoms with Crippen LogP contribution in [-0.4, -0.2) is 34.7 Å². The van der Waals surface area contributed by atoms with Crippen LogP contribution in [0.5, 0.6) is 0 Å². The minimum absolute atomic E-state index is 0.184. The van der Waals surface area contributed by atoms with Crippen LogP contribution < -0.4 is 0 Å².